The Labute approximate surface area is 123 Å². The first-order chi connectivity index (χ1) is 10.2. The summed E-state index contributed by atoms with van der Waals surface area (Å²) in [5.74, 6) is -0.852. The van der Waals surface area contributed by atoms with Crippen LogP contribution < -0.4 is 5.32 Å². The summed E-state index contributed by atoms with van der Waals surface area (Å²) < 4.78 is 1.71. The molecule has 3 rings (SSSR count). The van der Waals surface area contributed by atoms with Crippen LogP contribution in [0.3, 0.4) is 0 Å². The number of rotatable bonds is 5. The second-order valence-corrected chi connectivity index (χ2v) is 5.47. The number of carboxylic acid groups (broad SMARTS) is 1. The fourth-order valence-electron chi connectivity index (χ4n) is 2.85. The minimum atomic E-state index is -0.852. The minimum Gasteiger partial charge on any atom is -0.480 e. The Morgan fingerprint density at radius 2 is 2.00 bits per heavy atom. The van der Waals surface area contributed by atoms with Gasteiger partial charge in [0.1, 0.15) is 6.04 Å². The molecule has 110 valence electrons. The van der Waals surface area contributed by atoms with Gasteiger partial charge in [0.05, 0.1) is 11.9 Å². The molecule has 1 aliphatic rings. The summed E-state index contributed by atoms with van der Waals surface area (Å²) in [4.78, 5) is 11.5. The van der Waals surface area contributed by atoms with E-state index < -0.39 is 12.0 Å². The molecule has 2 aromatic rings. The van der Waals surface area contributed by atoms with E-state index in [4.69, 9.17) is 0 Å². The molecule has 1 atom stereocenters. The van der Waals surface area contributed by atoms with E-state index in [1.807, 2.05) is 30.3 Å². The van der Waals surface area contributed by atoms with Gasteiger partial charge in [0.25, 0.3) is 0 Å². The van der Waals surface area contributed by atoms with Crippen LogP contribution in [0.15, 0.2) is 42.7 Å². The van der Waals surface area contributed by atoms with Crippen LogP contribution in [-0.2, 0) is 4.79 Å². The predicted octanol–water partition coefficient (Wildman–Crippen LogP) is 2.53. The summed E-state index contributed by atoms with van der Waals surface area (Å²) in [5, 5.41) is 17.0. The van der Waals surface area contributed by atoms with Crippen molar-refractivity contribution in [2.24, 2.45) is 0 Å². The van der Waals surface area contributed by atoms with Gasteiger partial charge in [-0.2, -0.15) is 5.10 Å². The van der Waals surface area contributed by atoms with Gasteiger partial charge in [0, 0.05) is 17.8 Å². The highest BCUT2D eigenvalue weighted by atomic mass is 16.4. The Morgan fingerprint density at radius 1 is 1.29 bits per heavy atom. The Morgan fingerprint density at radius 3 is 2.67 bits per heavy atom. The number of carbonyl (C=O) groups is 1. The SMILES string of the molecule is O=C(O)C(NC1CCCC1)c1cnn(-c2ccccc2)c1. The Hall–Kier alpha value is -2.14. The smallest absolute Gasteiger partial charge is 0.325 e. The lowest BCUT2D eigenvalue weighted by atomic mass is 10.1. The topological polar surface area (TPSA) is 67.2 Å². The summed E-state index contributed by atoms with van der Waals surface area (Å²) in [7, 11) is 0. The van der Waals surface area contributed by atoms with Crippen LogP contribution >= 0.6 is 0 Å². The Balaban J connectivity index is 1.80. The zero-order valence-electron chi connectivity index (χ0n) is 11.8. The first-order valence-corrected chi connectivity index (χ1v) is 7.33. The van der Waals surface area contributed by atoms with E-state index in [0.717, 1.165) is 18.5 Å². The lowest BCUT2D eigenvalue weighted by molar-refractivity contribution is -0.139. The molecule has 0 spiro atoms. The van der Waals surface area contributed by atoms with E-state index in [2.05, 4.69) is 10.4 Å². The van der Waals surface area contributed by atoms with Gasteiger partial charge in [-0.05, 0) is 25.0 Å². The number of hydrogen-bond donors (Lipinski definition) is 2. The molecule has 1 aliphatic carbocycles. The summed E-state index contributed by atoms with van der Waals surface area (Å²) in [6.07, 6.45) is 7.87. The summed E-state index contributed by atoms with van der Waals surface area (Å²) >= 11 is 0. The molecule has 1 aromatic carbocycles. The molecule has 0 bridgehead atoms. The largest absolute Gasteiger partial charge is 0.480 e. The molecule has 0 saturated heterocycles. The molecule has 1 heterocycles. The van der Waals surface area contributed by atoms with Crippen LogP contribution in [0.25, 0.3) is 5.69 Å². The van der Waals surface area contributed by atoms with Gasteiger partial charge in [-0.3, -0.25) is 10.1 Å². The van der Waals surface area contributed by atoms with E-state index in [0.29, 0.717) is 11.6 Å². The van der Waals surface area contributed by atoms with Crippen LogP contribution in [0, 0.1) is 0 Å². The highest BCUT2D eigenvalue weighted by Crippen LogP contribution is 2.22. The van der Waals surface area contributed by atoms with E-state index in [1.54, 1.807) is 17.1 Å². The van der Waals surface area contributed by atoms with E-state index in [9.17, 15) is 9.90 Å². The third-order valence-electron chi connectivity index (χ3n) is 3.96. The number of benzene rings is 1. The van der Waals surface area contributed by atoms with Crippen molar-refractivity contribution < 1.29 is 9.90 Å². The van der Waals surface area contributed by atoms with Crippen molar-refractivity contribution in [2.75, 3.05) is 0 Å². The Kier molecular flexibility index (Phi) is 4.01. The number of nitrogens with zero attached hydrogens (tertiary/aromatic N) is 2. The fourth-order valence-corrected chi connectivity index (χ4v) is 2.85. The van der Waals surface area contributed by atoms with Crippen molar-refractivity contribution in [3.8, 4) is 5.69 Å². The lowest BCUT2D eigenvalue weighted by Crippen LogP contribution is -2.35. The highest BCUT2D eigenvalue weighted by molar-refractivity contribution is 5.75. The molecule has 0 amide bonds. The number of para-hydroxylation sites is 1. The molecule has 5 nitrogen and oxygen atoms in total. The first-order valence-electron chi connectivity index (χ1n) is 7.33. The van der Waals surface area contributed by atoms with Gasteiger partial charge in [-0.15, -0.1) is 0 Å². The number of aromatic nitrogens is 2. The van der Waals surface area contributed by atoms with Crippen molar-refractivity contribution in [3.63, 3.8) is 0 Å². The van der Waals surface area contributed by atoms with Crippen molar-refractivity contribution in [1.82, 2.24) is 15.1 Å². The van der Waals surface area contributed by atoms with Crippen molar-refractivity contribution in [3.05, 3.63) is 48.3 Å². The third-order valence-corrected chi connectivity index (χ3v) is 3.96. The van der Waals surface area contributed by atoms with E-state index in [1.165, 1.54) is 12.8 Å². The predicted molar refractivity (Wildman–Crippen MR) is 79.3 cm³/mol. The maximum atomic E-state index is 11.5. The van der Waals surface area contributed by atoms with Crippen LogP contribution in [0.2, 0.25) is 0 Å². The number of hydrogen-bond acceptors (Lipinski definition) is 3. The van der Waals surface area contributed by atoms with Gasteiger partial charge in [-0.1, -0.05) is 31.0 Å². The average molecular weight is 285 g/mol. The normalized spacial score (nSPS) is 17.0. The molecular formula is C16H19N3O2. The molecule has 1 unspecified atom stereocenters. The molecule has 0 aliphatic heterocycles. The summed E-state index contributed by atoms with van der Waals surface area (Å²) in [6, 6.07) is 9.30. The van der Waals surface area contributed by atoms with Gasteiger partial charge in [-0.25, -0.2) is 4.68 Å². The number of carboxylic acids is 1. The third kappa shape index (κ3) is 3.13. The van der Waals surface area contributed by atoms with Crippen LogP contribution in [0.4, 0.5) is 0 Å². The molecule has 1 aromatic heterocycles. The fraction of sp³-hybridized carbons (Fsp3) is 0.375. The van der Waals surface area contributed by atoms with E-state index in [-0.39, 0.29) is 0 Å². The molecule has 5 heteroatoms. The molecule has 1 fully saturated rings. The monoisotopic (exact) mass is 285 g/mol. The van der Waals surface area contributed by atoms with Gasteiger partial charge in [0.15, 0.2) is 0 Å². The van der Waals surface area contributed by atoms with Crippen molar-refractivity contribution in [1.29, 1.82) is 0 Å². The van der Waals surface area contributed by atoms with Crippen molar-refractivity contribution >= 4 is 5.97 Å². The second-order valence-electron chi connectivity index (χ2n) is 5.47. The van der Waals surface area contributed by atoms with Gasteiger partial charge < -0.3 is 5.11 Å². The second kappa shape index (κ2) is 6.10. The standard InChI is InChI=1S/C16H19N3O2/c20-16(21)15(18-13-6-4-5-7-13)12-10-17-19(11-12)14-8-2-1-3-9-14/h1-3,8-11,13,15,18H,4-7H2,(H,20,21). The maximum absolute atomic E-state index is 11.5. The number of aliphatic carboxylic acids is 1. The van der Waals surface area contributed by atoms with Gasteiger partial charge in [0.2, 0.25) is 0 Å². The quantitative estimate of drug-likeness (QED) is 0.886. The summed E-state index contributed by atoms with van der Waals surface area (Å²) in [5.41, 5.74) is 1.62. The van der Waals surface area contributed by atoms with Gasteiger partial charge >= 0.3 is 5.97 Å². The van der Waals surface area contributed by atoms with Crippen LogP contribution in [-0.4, -0.2) is 26.9 Å². The lowest BCUT2D eigenvalue weighted by Gasteiger charge is -2.18. The molecular weight excluding hydrogens is 266 g/mol. The maximum Gasteiger partial charge on any atom is 0.325 e. The van der Waals surface area contributed by atoms with E-state index >= 15 is 0 Å². The molecule has 21 heavy (non-hydrogen) atoms. The zero-order valence-corrected chi connectivity index (χ0v) is 11.8. The number of nitrogens with one attached hydrogen (secondary N) is 1. The van der Waals surface area contributed by atoms with Crippen LogP contribution in [0.5, 0.6) is 0 Å². The molecule has 0 radical (unpaired) electrons. The Bertz CT molecular complexity index is 603. The highest BCUT2D eigenvalue weighted by Gasteiger charge is 2.26. The van der Waals surface area contributed by atoms with Crippen molar-refractivity contribution in [2.45, 2.75) is 37.8 Å². The minimum absolute atomic E-state index is 0.297. The average Bonchev–Trinajstić information content (AvgIpc) is 3.17. The zero-order chi connectivity index (χ0) is 14.7. The molecule has 2 N–H and O–H groups in total. The molecule has 1 saturated carbocycles. The first kappa shape index (κ1) is 13.8. The van der Waals surface area contributed by atoms with Crippen LogP contribution in [0.1, 0.15) is 37.3 Å². The summed E-state index contributed by atoms with van der Waals surface area (Å²) in [6.45, 7) is 0.